The number of amides is 2. The zero-order chi connectivity index (χ0) is 29.3. The molecular weight excluding hydrogens is 544 g/mol. The maximum Gasteiger partial charge on any atom is 0.251 e. The Morgan fingerprint density at radius 1 is 1.02 bits per heavy atom. The van der Waals surface area contributed by atoms with Crippen molar-refractivity contribution in [2.24, 2.45) is 5.73 Å². The number of hydrogen-bond donors (Lipinski definition) is 5. The Morgan fingerprint density at radius 2 is 1.74 bits per heavy atom. The summed E-state index contributed by atoms with van der Waals surface area (Å²) in [7, 11) is 0. The lowest BCUT2D eigenvalue weighted by Gasteiger charge is -2.29. The summed E-state index contributed by atoms with van der Waals surface area (Å²) in [6, 6.07) is 28.0. The molecule has 0 saturated carbocycles. The van der Waals surface area contributed by atoms with Crippen molar-refractivity contribution in [2.75, 3.05) is 26.2 Å². The Morgan fingerprint density at radius 3 is 2.43 bits per heavy atom. The van der Waals surface area contributed by atoms with E-state index in [1.807, 2.05) is 70.9 Å². The van der Waals surface area contributed by atoms with Gasteiger partial charge in [-0.3, -0.25) is 15.0 Å². The fraction of sp³-hybridized carbons (Fsp3) is 0.303. The zero-order valence-corrected chi connectivity index (χ0v) is 24.4. The van der Waals surface area contributed by atoms with Gasteiger partial charge in [0.25, 0.3) is 5.91 Å². The number of carbonyl (C=O) groups excluding carboxylic acids is 2. The minimum atomic E-state index is -0.405. The first-order chi connectivity index (χ1) is 20.5. The summed E-state index contributed by atoms with van der Waals surface area (Å²) in [6.07, 6.45) is 1.99. The Kier molecular flexibility index (Phi) is 9.84. The topological polar surface area (TPSA) is 123 Å². The number of nitrogens with one attached hydrogen (secondary N) is 4. The minimum absolute atomic E-state index is 0.0413. The van der Waals surface area contributed by atoms with Crippen LogP contribution in [0.15, 0.2) is 90.3 Å². The van der Waals surface area contributed by atoms with Gasteiger partial charge in [-0.15, -0.1) is 11.3 Å². The van der Waals surface area contributed by atoms with Crippen molar-refractivity contribution < 1.29 is 9.59 Å². The van der Waals surface area contributed by atoms with E-state index < -0.39 is 6.04 Å². The maximum absolute atomic E-state index is 14.0. The van der Waals surface area contributed by atoms with E-state index in [9.17, 15) is 9.59 Å². The van der Waals surface area contributed by atoms with Crippen molar-refractivity contribution in [3.8, 4) is 0 Å². The average Bonchev–Trinajstić information content (AvgIpc) is 3.43. The van der Waals surface area contributed by atoms with E-state index in [4.69, 9.17) is 11.1 Å². The summed E-state index contributed by atoms with van der Waals surface area (Å²) in [5.41, 5.74) is 8.43. The quantitative estimate of drug-likeness (QED) is 0.103. The molecule has 5 rings (SSSR count). The van der Waals surface area contributed by atoms with Gasteiger partial charge in [0, 0.05) is 48.4 Å². The highest BCUT2D eigenvalue weighted by molar-refractivity contribution is 7.17. The summed E-state index contributed by atoms with van der Waals surface area (Å²) in [5.74, 6) is -0.0922. The van der Waals surface area contributed by atoms with Gasteiger partial charge >= 0.3 is 0 Å². The summed E-state index contributed by atoms with van der Waals surface area (Å²) in [5, 5.41) is 20.0. The SMILES string of the molecule is N=C(N)NCCCC1NC(CNC(=O)c2ccc3sccc3c2)CCN(CC(c2ccccc2)c2ccccc2)C1=O. The molecular formula is C33H38N6O2S. The van der Waals surface area contributed by atoms with Crippen LogP contribution in [-0.2, 0) is 4.79 Å². The van der Waals surface area contributed by atoms with Gasteiger partial charge in [-0.25, -0.2) is 0 Å². The molecule has 1 aliphatic heterocycles. The van der Waals surface area contributed by atoms with E-state index >= 15 is 0 Å². The molecule has 2 atom stereocenters. The van der Waals surface area contributed by atoms with E-state index in [2.05, 4.69) is 40.2 Å². The Hall–Kier alpha value is -4.21. The number of rotatable bonds is 11. The van der Waals surface area contributed by atoms with E-state index in [0.717, 1.165) is 10.1 Å². The molecule has 2 unspecified atom stereocenters. The molecule has 8 nitrogen and oxygen atoms in total. The van der Waals surface area contributed by atoms with Crippen molar-refractivity contribution in [3.05, 3.63) is 107 Å². The summed E-state index contributed by atoms with van der Waals surface area (Å²) in [6.45, 7) is 2.09. The van der Waals surface area contributed by atoms with Crippen LogP contribution < -0.4 is 21.7 Å². The van der Waals surface area contributed by atoms with Crippen LogP contribution in [0, 0.1) is 5.41 Å². The molecule has 1 saturated heterocycles. The lowest BCUT2D eigenvalue weighted by atomic mass is 9.90. The minimum Gasteiger partial charge on any atom is -0.370 e. The fourth-order valence-corrected chi connectivity index (χ4v) is 6.35. The molecule has 0 aliphatic carbocycles. The second-order valence-electron chi connectivity index (χ2n) is 10.7. The molecule has 1 aliphatic rings. The average molecular weight is 583 g/mol. The third kappa shape index (κ3) is 7.54. The van der Waals surface area contributed by atoms with Gasteiger partial charge in [-0.2, -0.15) is 0 Å². The number of thiophene rings is 1. The van der Waals surface area contributed by atoms with E-state index in [1.54, 1.807) is 11.3 Å². The van der Waals surface area contributed by atoms with E-state index in [0.29, 0.717) is 51.0 Å². The first-order valence-electron chi connectivity index (χ1n) is 14.5. The highest BCUT2D eigenvalue weighted by Crippen LogP contribution is 2.27. The molecule has 6 N–H and O–H groups in total. The molecule has 2 amide bonds. The zero-order valence-electron chi connectivity index (χ0n) is 23.6. The van der Waals surface area contributed by atoms with Crippen LogP contribution >= 0.6 is 11.3 Å². The van der Waals surface area contributed by atoms with Crippen molar-refractivity contribution in [2.45, 2.75) is 37.3 Å². The molecule has 3 aromatic carbocycles. The highest BCUT2D eigenvalue weighted by Gasteiger charge is 2.32. The molecule has 0 radical (unpaired) electrons. The predicted octanol–water partition coefficient (Wildman–Crippen LogP) is 4.29. The van der Waals surface area contributed by atoms with Crippen LogP contribution in [0.5, 0.6) is 0 Å². The van der Waals surface area contributed by atoms with Gasteiger partial charge in [-0.1, -0.05) is 60.7 Å². The molecule has 42 heavy (non-hydrogen) atoms. The standard InChI is InChI=1S/C33H38N6O2S/c34-33(35)36-17-7-12-29-32(41)39(22-28(23-8-3-1-4-9-23)24-10-5-2-6-11-24)18-15-27(38-29)21-37-31(40)26-13-14-30-25(20-26)16-19-42-30/h1-6,8-11,13-14,16,19-20,27-29,38H,7,12,15,17-18,21-22H2,(H,37,40)(H4,34,35,36). The number of fused-ring (bicyclic) bond motifs is 1. The lowest BCUT2D eigenvalue weighted by molar-refractivity contribution is -0.133. The maximum atomic E-state index is 14.0. The summed E-state index contributed by atoms with van der Waals surface area (Å²) >= 11 is 1.66. The third-order valence-corrected chi connectivity index (χ3v) is 8.71. The van der Waals surface area contributed by atoms with Crippen molar-refractivity contribution in [1.29, 1.82) is 5.41 Å². The summed E-state index contributed by atoms with van der Waals surface area (Å²) < 4.78 is 1.15. The van der Waals surface area contributed by atoms with Crippen molar-refractivity contribution >= 4 is 39.2 Å². The highest BCUT2D eigenvalue weighted by atomic mass is 32.1. The van der Waals surface area contributed by atoms with Crippen molar-refractivity contribution in [3.63, 3.8) is 0 Å². The monoisotopic (exact) mass is 582 g/mol. The number of nitrogens with zero attached hydrogens (tertiary/aromatic N) is 1. The molecule has 0 spiro atoms. The third-order valence-electron chi connectivity index (χ3n) is 7.81. The molecule has 218 valence electrons. The Labute approximate surface area is 250 Å². The van der Waals surface area contributed by atoms with Crippen LogP contribution in [0.2, 0.25) is 0 Å². The van der Waals surface area contributed by atoms with Crippen LogP contribution in [0.4, 0.5) is 0 Å². The van der Waals surface area contributed by atoms with Crippen LogP contribution in [0.3, 0.4) is 0 Å². The van der Waals surface area contributed by atoms with Crippen molar-refractivity contribution in [1.82, 2.24) is 20.9 Å². The number of benzene rings is 3. The molecule has 4 aromatic rings. The number of carbonyl (C=O) groups is 2. The van der Waals surface area contributed by atoms with E-state index in [1.165, 1.54) is 11.1 Å². The van der Waals surface area contributed by atoms with Crippen LogP contribution in [-0.4, -0.2) is 60.9 Å². The largest absolute Gasteiger partial charge is 0.370 e. The Bertz CT molecular complexity index is 1450. The molecule has 1 fully saturated rings. The Balaban J connectivity index is 1.30. The predicted molar refractivity (Wildman–Crippen MR) is 170 cm³/mol. The molecule has 9 heteroatoms. The number of guanidine groups is 1. The molecule has 1 aromatic heterocycles. The van der Waals surface area contributed by atoms with Crippen LogP contribution in [0.25, 0.3) is 10.1 Å². The molecule has 2 heterocycles. The molecule has 0 bridgehead atoms. The number of hydrogen-bond acceptors (Lipinski definition) is 5. The smallest absolute Gasteiger partial charge is 0.251 e. The first-order valence-corrected chi connectivity index (χ1v) is 15.3. The van der Waals surface area contributed by atoms with Crippen LogP contribution in [0.1, 0.15) is 46.7 Å². The van der Waals surface area contributed by atoms with Gasteiger partial charge in [-0.05, 0) is 65.4 Å². The van der Waals surface area contributed by atoms with Gasteiger partial charge in [0.05, 0.1) is 6.04 Å². The summed E-state index contributed by atoms with van der Waals surface area (Å²) in [4.78, 5) is 29.0. The normalized spacial score (nSPS) is 17.3. The van der Waals surface area contributed by atoms with Gasteiger partial charge in [0.2, 0.25) is 5.91 Å². The second-order valence-corrected chi connectivity index (χ2v) is 11.7. The van der Waals surface area contributed by atoms with Gasteiger partial charge in [0.1, 0.15) is 0 Å². The fourth-order valence-electron chi connectivity index (χ4n) is 5.58. The number of nitrogens with two attached hydrogens (primary N) is 1. The first kappa shape index (κ1) is 29.3. The van der Waals surface area contributed by atoms with Gasteiger partial charge in [0.15, 0.2) is 5.96 Å². The lowest BCUT2D eigenvalue weighted by Crippen LogP contribution is -2.49. The van der Waals surface area contributed by atoms with Gasteiger partial charge < -0.3 is 26.6 Å². The second kappa shape index (κ2) is 14.1. The van der Waals surface area contributed by atoms with E-state index in [-0.39, 0.29) is 29.7 Å².